The first-order chi connectivity index (χ1) is 9.37. The summed E-state index contributed by atoms with van der Waals surface area (Å²) in [5.41, 5.74) is 0.220. The van der Waals surface area contributed by atoms with Crippen LogP contribution in [-0.2, 0) is 10.2 Å². The third-order valence-electron chi connectivity index (χ3n) is 3.05. The van der Waals surface area contributed by atoms with E-state index in [4.69, 9.17) is 10.00 Å². The van der Waals surface area contributed by atoms with Gasteiger partial charge >= 0.3 is 0 Å². The zero-order chi connectivity index (χ0) is 15.2. The van der Waals surface area contributed by atoms with Crippen LogP contribution in [0.15, 0.2) is 24.3 Å². The van der Waals surface area contributed by atoms with Crippen molar-refractivity contribution in [1.82, 2.24) is 5.32 Å². The van der Waals surface area contributed by atoms with Crippen LogP contribution >= 0.6 is 0 Å². The third-order valence-corrected chi connectivity index (χ3v) is 3.05. The van der Waals surface area contributed by atoms with E-state index in [1.807, 2.05) is 44.2 Å². The van der Waals surface area contributed by atoms with Gasteiger partial charge in [-0.3, -0.25) is 4.79 Å². The molecule has 0 unspecified atom stereocenters. The molecule has 0 aliphatic heterocycles. The Kier molecular flexibility index (Phi) is 5.57. The molecule has 1 aromatic carbocycles. The smallest absolute Gasteiger partial charge is 0.230 e. The first-order valence-electron chi connectivity index (χ1n) is 6.76. The van der Waals surface area contributed by atoms with Crippen molar-refractivity contribution in [1.29, 1.82) is 5.26 Å². The van der Waals surface area contributed by atoms with E-state index in [2.05, 4.69) is 19.2 Å². The lowest BCUT2D eigenvalue weighted by Gasteiger charge is -2.23. The lowest BCUT2D eigenvalue weighted by molar-refractivity contribution is -0.125. The maximum atomic E-state index is 12.0. The quantitative estimate of drug-likeness (QED) is 0.811. The van der Waals surface area contributed by atoms with Gasteiger partial charge < -0.3 is 10.1 Å². The molecule has 0 fully saturated rings. The lowest BCUT2D eigenvalue weighted by atomic mass is 9.83. The second kappa shape index (κ2) is 6.95. The fraction of sp³-hybridized carbons (Fsp3) is 0.500. The monoisotopic (exact) mass is 274 g/mol. The summed E-state index contributed by atoms with van der Waals surface area (Å²) in [6, 6.07) is 9.43. The molecular formula is C16H22N2O2. The van der Waals surface area contributed by atoms with E-state index >= 15 is 0 Å². The van der Waals surface area contributed by atoms with Crippen LogP contribution in [0.1, 0.15) is 33.3 Å². The molecule has 1 rings (SSSR count). The van der Waals surface area contributed by atoms with Crippen molar-refractivity contribution >= 4 is 5.91 Å². The van der Waals surface area contributed by atoms with Crippen molar-refractivity contribution in [3.63, 3.8) is 0 Å². The van der Waals surface area contributed by atoms with Crippen LogP contribution in [0, 0.1) is 17.2 Å². The van der Waals surface area contributed by atoms with Crippen molar-refractivity contribution in [2.24, 2.45) is 5.92 Å². The summed E-state index contributed by atoms with van der Waals surface area (Å²) in [5.74, 6) is 1.12. The molecule has 108 valence electrons. The van der Waals surface area contributed by atoms with Crippen LogP contribution < -0.4 is 10.1 Å². The number of hydrogen-bond donors (Lipinski definition) is 1. The zero-order valence-electron chi connectivity index (χ0n) is 12.6. The first kappa shape index (κ1) is 16.0. The van der Waals surface area contributed by atoms with Crippen LogP contribution in [0.4, 0.5) is 0 Å². The number of nitrogens with one attached hydrogen (secondary N) is 1. The average Bonchev–Trinajstić information content (AvgIpc) is 2.42. The number of hydrogen-bond acceptors (Lipinski definition) is 3. The van der Waals surface area contributed by atoms with Gasteiger partial charge in [-0.05, 0) is 37.5 Å². The number of amides is 1. The van der Waals surface area contributed by atoms with Crippen LogP contribution in [-0.4, -0.2) is 19.1 Å². The lowest BCUT2D eigenvalue weighted by Crippen LogP contribution is -2.40. The average molecular weight is 274 g/mol. The van der Waals surface area contributed by atoms with Crippen LogP contribution in [0.2, 0.25) is 0 Å². The van der Waals surface area contributed by atoms with Gasteiger partial charge in [-0.2, -0.15) is 5.26 Å². The van der Waals surface area contributed by atoms with Crippen LogP contribution in [0.5, 0.6) is 5.75 Å². The Bertz CT molecular complexity index is 484. The minimum Gasteiger partial charge on any atom is -0.493 e. The molecule has 1 amide bonds. The van der Waals surface area contributed by atoms with E-state index in [0.717, 1.165) is 11.3 Å². The second-order valence-corrected chi connectivity index (χ2v) is 5.70. The summed E-state index contributed by atoms with van der Waals surface area (Å²) in [4.78, 5) is 12.0. The van der Waals surface area contributed by atoms with E-state index in [1.54, 1.807) is 0 Å². The normalized spacial score (nSPS) is 11.0. The SMILES string of the molecule is CC(C)COc1ccc(C(C)(C)C(=O)NCC#N)cc1. The molecule has 4 heteroatoms. The minimum absolute atomic E-state index is 0.0256. The molecule has 0 radical (unpaired) electrons. The molecule has 1 aromatic rings. The molecule has 0 aliphatic rings. The predicted molar refractivity (Wildman–Crippen MR) is 78.4 cm³/mol. The highest BCUT2D eigenvalue weighted by molar-refractivity contribution is 5.87. The highest BCUT2D eigenvalue weighted by Crippen LogP contribution is 2.25. The highest BCUT2D eigenvalue weighted by atomic mass is 16.5. The Hall–Kier alpha value is -2.02. The third kappa shape index (κ3) is 4.27. The zero-order valence-corrected chi connectivity index (χ0v) is 12.6. The Morgan fingerprint density at radius 3 is 2.45 bits per heavy atom. The number of carbonyl (C=O) groups excluding carboxylic acids is 1. The summed E-state index contributed by atoms with van der Waals surface area (Å²) in [7, 11) is 0. The highest BCUT2D eigenvalue weighted by Gasteiger charge is 2.29. The molecule has 0 aromatic heterocycles. The van der Waals surface area contributed by atoms with E-state index in [9.17, 15) is 4.79 Å². The standard InChI is InChI=1S/C16H22N2O2/c1-12(2)11-20-14-7-5-13(6-8-14)16(3,4)15(19)18-10-9-17/h5-8,12H,10-11H2,1-4H3,(H,18,19). The number of benzene rings is 1. The summed E-state index contributed by atoms with van der Waals surface area (Å²) < 4.78 is 5.62. The van der Waals surface area contributed by atoms with Gasteiger partial charge in [0.2, 0.25) is 5.91 Å². The predicted octanol–water partition coefficient (Wildman–Crippen LogP) is 2.64. The molecule has 0 heterocycles. The second-order valence-electron chi connectivity index (χ2n) is 5.70. The van der Waals surface area contributed by atoms with Gasteiger partial charge in [0.1, 0.15) is 12.3 Å². The largest absolute Gasteiger partial charge is 0.493 e. The number of nitrogens with zero attached hydrogens (tertiary/aromatic N) is 1. The van der Waals surface area contributed by atoms with E-state index in [-0.39, 0.29) is 12.5 Å². The molecule has 0 spiro atoms. The van der Waals surface area contributed by atoms with Gasteiger partial charge in [0.15, 0.2) is 0 Å². The summed E-state index contributed by atoms with van der Waals surface area (Å²) in [5, 5.41) is 11.1. The fourth-order valence-corrected chi connectivity index (χ4v) is 1.70. The molecule has 1 N–H and O–H groups in total. The molecule has 0 saturated heterocycles. The number of nitriles is 1. The van der Waals surface area contributed by atoms with Crippen molar-refractivity contribution in [2.75, 3.05) is 13.2 Å². The molecule has 0 aliphatic carbocycles. The first-order valence-corrected chi connectivity index (χ1v) is 6.76. The van der Waals surface area contributed by atoms with Crippen LogP contribution in [0.25, 0.3) is 0 Å². The van der Waals surface area contributed by atoms with Gasteiger partial charge in [0.25, 0.3) is 0 Å². The number of rotatable bonds is 6. The summed E-state index contributed by atoms with van der Waals surface area (Å²) in [6.07, 6.45) is 0. The van der Waals surface area contributed by atoms with Gasteiger partial charge in [-0.25, -0.2) is 0 Å². The topological polar surface area (TPSA) is 62.1 Å². The Labute approximate surface area is 120 Å². The molecule has 0 atom stereocenters. The Balaban J connectivity index is 2.76. The van der Waals surface area contributed by atoms with Crippen molar-refractivity contribution in [3.8, 4) is 11.8 Å². The van der Waals surface area contributed by atoms with E-state index in [1.165, 1.54) is 0 Å². The summed E-state index contributed by atoms with van der Waals surface area (Å²) in [6.45, 7) is 8.56. The summed E-state index contributed by atoms with van der Waals surface area (Å²) >= 11 is 0. The maximum Gasteiger partial charge on any atom is 0.230 e. The Morgan fingerprint density at radius 1 is 1.35 bits per heavy atom. The van der Waals surface area contributed by atoms with Crippen molar-refractivity contribution in [2.45, 2.75) is 33.1 Å². The van der Waals surface area contributed by atoms with Crippen molar-refractivity contribution < 1.29 is 9.53 Å². The molecule has 4 nitrogen and oxygen atoms in total. The van der Waals surface area contributed by atoms with Gasteiger partial charge in [0, 0.05) is 0 Å². The van der Waals surface area contributed by atoms with E-state index in [0.29, 0.717) is 12.5 Å². The maximum absolute atomic E-state index is 12.0. The number of ether oxygens (including phenoxy) is 1. The van der Waals surface area contributed by atoms with E-state index < -0.39 is 5.41 Å². The van der Waals surface area contributed by atoms with Gasteiger partial charge in [-0.15, -0.1) is 0 Å². The Morgan fingerprint density at radius 2 is 1.95 bits per heavy atom. The molecule has 20 heavy (non-hydrogen) atoms. The molecule has 0 saturated carbocycles. The van der Waals surface area contributed by atoms with Gasteiger partial charge in [-0.1, -0.05) is 26.0 Å². The molecular weight excluding hydrogens is 252 g/mol. The molecule has 0 bridgehead atoms. The fourth-order valence-electron chi connectivity index (χ4n) is 1.70. The van der Waals surface area contributed by atoms with Crippen LogP contribution in [0.3, 0.4) is 0 Å². The van der Waals surface area contributed by atoms with Gasteiger partial charge in [0.05, 0.1) is 18.1 Å². The minimum atomic E-state index is -0.673. The van der Waals surface area contributed by atoms with Crippen molar-refractivity contribution in [3.05, 3.63) is 29.8 Å². The number of carbonyl (C=O) groups is 1.